The predicted octanol–water partition coefficient (Wildman–Crippen LogP) is 1.92. The highest BCUT2D eigenvalue weighted by atomic mass is 32.2. The van der Waals surface area contributed by atoms with E-state index in [1.54, 1.807) is 19.2 Å². The summed E-state index contributed by atoms with van der Waals surface area (Å²) in [4.78, 5) is 12.0. The van der Waals surface area contributed by atoms with E-state index in [-0.39, 0.29) is 11.9 Å². The van der Waals surface area contributed by atoms with Crippen LogP contribution in [-0.4, -0.2) is 40.2 Å². The minimum absolute atomic E-state index is 0.123. The number of anilines is 1. The van der Waals surface area contributed by atoms with Crippen LogP contribution in [0.25, 0.3) is 0 Å². The standard InChI is InChI=1S/C13H20N4OS/c1-3-19-10-5-4-9(8-10)15-13(18)11-6-7-12(14-2)17-16-11/h6-7,9-10H,3-5,8H2,1-2H3,(H,14,17)(H,15,18). The van der Waals surface area contributed by atoms with Gasteiger partial charge in [0.15, 0.2) is 5.69 Å². The molecule has 1 amide bonds. The molecule has 1 fully saturated rings. The highest BCUT2D eigenvalue weighted by molar-refractivity contribution is 7.99. The summed E-state index contributed by atoms with van der Waals surface area (Å²) in [5, 5.41) is 14.4. The second-order valence-electron chi connectivity index (χ2n) is 4.61. The molecule has 6 heteroatoms. The van der Waals surface area contributed by atoms with Crippen molar-refractivity contribution in [2.45, 2.75) is 37.5 Å². The van der Waals surface area contributed by atoms with Crippen molar-refractivity contribution in [1.82, 2.24) is 15.5 Å². The maximum atomic E-state index is 12.0. The summed E-state index contributed by atoms with van der Waals surface area (Å²) in [6, 6.07) is 3.73. The van der Waals surface area contributed by atoms with Crippen LogP contribution in [0.1, 0.15) is 36.7 Å². The van der Waals surface area contributed by atoms with Crippen LogP contribution in [0, 0.1) is 0 Å². The lowest BCUT2D eigenvalue weighted by molar-refractivity contribution is 0.0932. The third kappa shape index (κ3) is 3.83. The van der Waals surface area contributed by atoms with Gasteiger partial charge in [-0.15, -0.1) is 10.2 Å². The topological polar surface area (TPSA) is 66.9 Å². The van der Waals surface area contributed by atoms with Gasteiger partial charge in [-0.3, -0.25) is 4.79 Å². The maximum Gasteiger partial charge on any atom is 0.272 e. The average Bonchev–Trinajstić information content (AvgIpc) is 2.86. The normalized spacial score (nSPS) is 22.2. The van der Waals surface area contributed by atoms with Gasteiger partial charge < -0.3 is 10.6 Å². The Morgan fingerprint density at radius 2 is 2.26 bits per heavy atom. The number of rotatable bonds is 5. The SMILES string of the molecule is CCSC1CCC(NC(=O)c2ccc(NC)nn2)C1. The van der Waals surface area contributed by atoms with Crippen molar-refractivity contribution in [3.63, 3.8) is 0 Å². The van der Waals surface area contributed by atoms with Gasteiger partial charge in [-0.25, -0.2) is 0 Å². The van der Waals surface area contributed by atoms with E-state index in [9.17, 15) is 4.79 Å². The van der Waals surface area contributed by atoms with E-state index in [1.165, 1.54) is 6.42 Å². The molecule has 2 unspecified atom stereocenters. The molecule has 1 aliphatic rings. The van der Waals surface area contributed by atoms with Gasteiger partial charge in [-0.05, 0) is 37.1 Å². The van der Waals surface area contributed by atoms with Crippen molar-refractivity contribution >= 4 is 23.5 Å². The second-order valence-corrected chi connectivity index (χ2v) is 6.19. The molecule has 1 aliphatic carbocycles. The minimum Gasteiger partial charge on any atom is -0.372 e. The van der Waals surface area contributed by atoms with Crippen molar-refractivity contribution in [3.8, 4) is 0 Å². The summed E-state index contributed by atoms with van der Waals surface area (Å²) >= 11 is 1.98. The molecule has 104 valence electrons. The number of hydrogen-bond donors (Lipinski definition) is 2. The Hall–Kier alpha value is -1.30. The summed E-state index contributed by atoms with van der Waals surface area (Å²) in [6.45, 7) is 2.18. The third-order valence-corrected chi connectivity index (χ3v) is 4.51. The first-order chi connectivity index (χ1) is 9.22. The Bertz CT molecular complexity index is 423. The van der Waals surface area contributed by atoms with Gasteiger partial charge in [-0.1, -0.05) is 6.92 Å². The lowest BCUT2D eigenvalue weighted by Crippen LogP contribution is -2.33. The van der Waals surface area contributed by atoms with Gasteiger partial charge in [0.05, 0.1) is 0 Å². The van der Waals surface area contributed by atoms with Gasteiger partial charge in [0.25, 0.3) is 5.91 Å². The molecular formula is C13H20N4OS. The van der Waals surface area contributed by atoms with Crippen LogP contribution >= 0.6 is 11.8 Å². The predicted molar refractivity (Wildman–Crippen MR) is 78.6 cm³/mol. The number of carbonyl (C=O) groups excluding carboxylic acids is 1. The molecule has 2 rings (SSSR count). The van der Waals surface area contributed by atoms with E-state index < -0.39 is 0 Å². The van der Waals surface area contributed by atoms with E-state index in [0.717, 1.165) is 18.6 Å². The Morgan fingerprint density at radius 1 is 1.42 bits per heavy atom. The van der Waals surface area contributed by atoms with Crippen LogP contribution in [-0.2, 0) is 0 Å². The largest absolute Gasteiger partial charge is 0.372 e. The van der Waals surface area contributed by atoms with Gasteiger partial charge in [0.2, 0.25) is 0 Å². The van der Waals surface area contributed by atoms with Crippen molar-refractivity contribution in [1.29, 1.82) is 0 Å². The molecule has 0 aromatic carbocycles. The molecule has 0 bridgehead atoms. The number of nitrogens with one attached hydrogen (secondary N) is 2. The average molecular weight is 280 g/mol. The third-order valence-electron chi connectivity index (χ3n) is 3.28. The fraction of sp³-hybridized carbons (Fsp3) is 0.615. The van der Waals surface area contributed by atoms with Gasteiger partial charge in [0.1, 0.15) is 5.82 Å². The molecule has 1 aromatic rings. The van der Waals surface area contributed by atoms with E-state index in [0.29, 0.717) is 16.8 Å². The van der Waals surface area contributed by atoms with Crippen LogP contribution in [0.3, 0.4) is 0 Å². The zero-order valence-electron chi connectivity index (χ0n) is 11.3. The summed E-state index contributed by atoms with van der Waals surface area (Å²) in [7, 11) is 1.77. The van der Waals surface area contributed by atoms with E-state index in [4.69, 9.17) is 0 Å². The van der Waals surface area contributed by atoms with Gasteiger partial charge >= 0.3 is 0 Å². The summed E-state index contributed by atoms with van der Waals surface area (Å²) in [5.41, 5.74) is 0.380. The van der Waals surface area contributed by atoms with Gasteiger partial charge in [-0.2, -0.15) is 11.8 Å². The fourth-order valence-electron chi connectivity index (χ4n) is 2.30. The number of thioether (sulfide) groups is 1. The monoisotopic (exact) mass is 280 g/mol. The van der Waals surface area contributed by atoms with Crippen molar-refractivity contribution < 1.29 is 4.79 Å². The molecular weight excluding hydrogens is 260 g/mol. The highest BCUT2D eigenvalue weighted by Gasteiger charge is 2.26. The number of hydrogen-bond acceptors (Lipinski definition) is 5. The summed E-state index contributed by atoms with van der Waals surface area (Å²) in [5.74, 6) is 1.68. The molecule has 1 saturated carbocycles. The van der Waals surface area contributed by atoms with Crippen LogP contribution in [0.5, 0.6) is 0 Å². The molecule has 1 aromatic heterocycles. The van der Waals surface area contributed by atoms with Crippen molar-refractivity contribution in [2.75, 3.05) is 18.1 Å². The first-order valence-electron chi connectivity index (χ1n) is 6.67. The molecule has 0 radical (unpaired) electrons. The van der Waals surface area contributed by atoms with Crippen LogP contribution in [0.15, 0.2) is 12.1 Å². The summed E-state index contributed by atoms with van der Waals surface area (Å²) in [6.07, 6.45) is 3.31. The molecule has 0 aliphatic heterocycles. The maximum absolute atomic E-state index is 12.0. The van der Waals surface area contributed by atoms with Crippen LogP contribution < -0.4 is 10.6 Å². The first kappa shape index (κ1) is 14.1. The Labute approximate surface area is 118 Å². The van der Waals surface area contributed by atoms with Crippen LogP contribution in [0.4, 0.5) is 5.82 Å². The zero-order chi connectivity index (χ0) is 13.7. The Morgan fingerprint density at radius 3 is 2.89 bits per heavy atom. The lowest BCUT2D eigenvalue weighted by atomic mass is 10.2. The molecule has 19 heavy (non-hydrogen) atoms. The van der Waals surface area contributed by atoms with E-state index >= 15 is 0 Å². The number of amides is 1. The molecule has 0 saturated heterocycles. The Balaban J connectivity index is 1.87. The molecule has 2 atom stereocenters. The van der Waals surface area contributed by atoms with Crippen molar-refractivity contribution in [3.05, 3.63) is 17.8 Å². The number of aromatic nitrogens is 2. The summed E-state index contributed by atoms with van der Waals surface area (Å²) < 4.78 is 0. The molecule has 1 heterocycles. The van der Waals surface area contributed by atoms with Gasteiger partial charge in [0, 0.05) is 18.3 Å². The van der Waals surface area contributed by atoms with Crippen molar-refractivity contribution in [2.24, 2.45) is 0 Å². The van der Waals surface area contributed by atoms with Crippen LogP contribution in [0.2, 0.25) is 0 Å². The zero-order valence-corrected chi connectivity index (χ0v) is 12.2. The number of carbonyl (C=O) groups is 1. The lowest BCUT2D eigenvalue weighted by Gasteiger charge is -2.12. The molecule has 5 nitrogen and oxygen atoms in total. The van der Waals surface area contributed by atoms with E-state index in [2.05, 4.69) is 27.8 Å². The first-order valence-corrected chi connectivity index (χ1v) is 7.71. The second kappa shape index (κ2) is 6.75. The van der Waals surface area contributed by atoms with E-state index in [1.807, 2.05) is 11.8 Å². The highest BCUT2D eigenvalue weighted by Crippen LogP contribution is 2.29. The molecule has 0 spiro atoms. The quantitative estimate of drug-likeness (QED) is 0.862. The Kier molecular flexibility index (Phi) is 5.01. The molecule has 2 N–H and O–H groups in total. The number of nitrogens with zero attached hydrogens (tertiary/aromatic N) is 2. The fourth-order valence-corrected chi connectivity index (χ4v) is 3.45. The smallest absolute Gasteiger partial charge is 0.272 e. The minimum atomic E-state index is -0.123.